The third kappa shape index (κ3) is 3.84. The summed E-state index contributed by atoms with van der Waals surface area (Å²) in [5.74, 6) is 0.142. The molecule has 0 saturated carbocycles. The third-order valence-corrected chi connectivity index (χ3v) is 5.27. The number of nitrogens with one attached hydrogen (secondary N) is 1. The Morgan fingerprint density at radius 3 is 2.58 bits per heavy atom. The second-order valence-corrected chi connectivity index (χ2v) is 7.45. The van der Waals surface area contributed by atoms with Gasteiger partial charge in [-0.05, 0) is 41.1 Å². The summed E-state index contributed by atoms with van der Waals surface area (Å²) in [4.78, 5) is 31.0. The Labute approximate surface area is 158 Å². The number of amides is 1. The van der Waals surface area contributed by atoms with Crippen LogP contribution >= 0.6 is 11.6 Å². The van der Waals surface area contributed by atoms with Crippen LogP contribution in [0.3, 0.4) is 0 Å². The summed E-state index contributed by atoms with van der Waals surface area (Å²) in [6.45, 7) is 11.2. The summed E-state index contributed by atoms with van der Waals surface area (Å²) in [5, 5.41) is 1.65. The predicted octanol–water partition coefficient (Wildman–Crippen LogP) is 3.14. The van der Waals surface area contributed by atoms with E-state index in [1.165, 1.54) is 6.08 Å². The number of aromatic nitrogens is 1. The Bertz CT molecular complexity index is 896. The lowest BCUT2D eigenvalue weighted by Gasteiger charge is -2.34. The number of carbonyl (C=O) groups excluding carboxylic acids is 1. The molecular weight excluding hydrogens is 350 g/mol. The van der Waals surface area contributed by atoms with E-state index >= 15 is 0 Å². The number of rotatable bonds is 4. The molecule has 1 fully saturated rings. The molecule has 1 aromatic carbocycles. The van der Waals surface area contributed by atoms with Crippen LogP contribution in [0.1, 0.15) is 30.9 Å². The number of halogens is 1. The zero-order valence-corrected chi connectivity index (χ0v) is 16.0. The van der Waals surface area contributed by atoms with Gasteiger partial charge in [-0.1, -0.05) is 32.0 Å². The molecule has 1 aliphatic heterocycles. The minimum Gasteiger partial charge on any atom is -0.337 e. The molecule has 2 aromatic rings. The maximum Gasteiger partial charge on any atom is 0.251 e. The number of hydrogen-bond donors (Lipinski definition) is 1. The number of aromatic amines is 1. The lowest BCUT2D eigenvalue weighted by Crippen LogP contribution is -2.47. The number of benzene rings is 1. The average Bonchev–Trinajstić information content (AvgIpc) is 2.62. The Kier molecular flexibility index (Phi) is 5.49. The molecule has 0 unspecified atom stereocenters. The van der Waals surface area contributed by atoms with E-state index < -0.39 is 0 Å². The summed E-state index contributed by atoms with van der Waals surface area (Å²) in [7, 11) is 0. The van der Waals surface area contributed by atoms with Crippen LogP contribution in [-0.4, -0.2) is 46.9 Å². The van der Waals surface area contributed by atoms with E-state index in [0.29, 0.717) is 24.7 Å². The molecule has 0 aliphatic carbocycles. The molecule has 3 rings (SSSR count). The van der Waals surface area contributed by atoms with Crippen molar-refractivity contribution in [2.75, 3.05) is 26.2 Å². The van der Waals surface area contributed by atoms with Gasteiger partial charge in [0, 0.05) is 48.8 Å². The largest absolute Gasteiger partial charge is 0.337 e. The van der Waals surface area contributed by atoms with Crippen LogP contribution in [0, 0.1) is 0 Å². The van der Waals surface area contributed by atoms with Gasteiger partial charge in [-0.2, -0.15) is 0 Å². The lowest BCUT2D eigenvalue weighted by molar-refractivity contribution is -0.127. The number of piperazine rings is 1. The van der Waals surface area contributed by atoms with E-state index in [-0.39, 0.29) is 17.4 Å². The fraction of sp³-hybridized carbons (Fsp3) is 0.400. The zero-order valence-electron chi connectivity index (χ0n) is 15.2. The monoisotopic (exact) mass is 373 g/mol. The number of nitrogens with zero attached hydrogens (tertiary/aromatic N) is 2. The van der Waals surface area contributed by atoms with Gasteiger partial charge >= 0.3 is 0 Å². The van der Waals surface area contributed by atoms with Crippen molar-refractivity contribution in [2.45, 2.75) is 26.3 Å². The molecule has 1 N–H and O–H groups in total. The molecule has 2 heterocycles. The highest BCUT2D eigenvalue weighted by Gasteiger charge is 2.20. The molecule has 0 atom stereocenters. The molecule has 0 spiro atoms. The maximum atomic E-state index is 12.2. The summed E-state index contributed by atoms with van der Waals surface area (Å²) < 4.78 is 0. The fourth-order valence-electron chi connectivity index (χ4n) is 3.34. The molecular formula is C20H24ClN3O2. The molecule has 0 radical (unpaired) electrons. The van der Waals surface area contributed by atoms with Crippen LogP contribution in [0.25, 0.3) is 10.9 Å². The molecule has 0 bridgehead atoms. The van der Waals surface area contributed by atoms with Crippen LogP contribution in [0.2, 0.25) is 5.02 Å². The molecule has 1 aromatic heterocycles. The van der Waals surface area contributed by atoms with Gasteiger partial charge in [-0.25, -0.2) is 0 Å². The van der Waals surface area contributed by atoms with E-state index in [9.17, 15) is 9.59 Å². The summed E-state index contributed by atoms with van der Waals surface area (Å²) in [6, 6.07) is 5.81. The van der Waals surface area contributed by atoms with Crippen LogP contribution in [0.15, 0.2) is 35.6 Å². The van der Waals surface area contributed by atoms with Gasteiger partial charge in [0.05, 0.1) is 0 Å². The summed E-state index contributed by atoms with van der Waals surface area (Å²) in [5.41, 5.74) is 2.51. The van der Waals surface area contributed by atoms with Gasteiger partial charge in [-0.15, -0.1) is 0 Å². The van der Waals surface area contributed by atoms with Crippen molar-refractivity contribution in [3.8, 4) is 0 Å². The molecule has 138 valence electrons. The summed E-state index contributed by atoms with van der Waals surface area (Å²) >= 11 is 6.50. The van der Waals surface area contributed by atoms with Gasteiger partial charge in [0.15, 0.2) is 0 Å². The SMILES string of the molecule is C=CC(=O)N1CCN(Cc2cc3[nH]c(=O)c(C(C)C)cc3cc2Cl)CC1. The first-order chi connectivity index (χ1) is 12.4. The topological polar surface area (TPSA) is 56.4 Å². The van der Waals surface area contributed by atoms with Crippen LogP contribution in [-0.2, 0) is 11.3 Å². The second kappa shape index (κ2) is 7.64. The first kappa shape index (κ1) is 18.7. The molecule has 5 nitrogen and oxygen atoms in total. The lowest BCUT2D eigenvalue weighted by atomic mass is 10.0. The Hall–Kier alpha value is -2.11. The van der Waals surface area contributed by atoms with Gasteiger partial charge in [-0.3, -0.25) is 14.5 Å². The van der Waals surface area contributed by atoms with E-state index in [2.05, 4.69) is 16.5 Å². The third-order valence-electron chi connectivity index (χ3n) is 4.91. The van der Waals surface area contributed by atoms with Gasteiger partial charge in [0.1, 0.15) is 0 Å². The summed E-state index contributed by atoms with van der Waals surface area (Å²) in [6.07, 6.45) is 1.36. The van der Waals surface area contributed by atoms with Crippen LogP contribution in [0.4, 0.5) is 0 Å². The normalized spacial score (nSPS) is 15.6. The van der Waals surface area contributed by atoms with Gasteiger partial charge < -0.3 is 9.88 Å². The van der Waals surface area contributed by atoms with Crippen molar-refractivity contribution < 1.29 is 4.79 Å². The number of H-pyrrole nitrogens is 1. The zero-order chi connectivity index (χ0) is 18.8. The Morgan fingerprint density at radius 1 is 1.27 bits per heavy atom. The van der Waals surface area contributed by atoms with Crippen molar-refractivity contribution in [1.29, 1.82) is 0 Å². The fourth-order valence-corrected chi connectivity index (χ4v) is 3.57. The quantitative estimate of drug-likeness (QED) is 0.838. The minimum atomic E-state index is -0.0441. The highest BCUT2D eigenvalue weighted by Crippen LogP contribution is 2.25. The second-order valence-electron chi connectivity index (χ2n) is 7.04. The first-order valence-electron chi connectivity index (χ1n) is 8.88. The number of pyridine rings is 1. The van der Waals surface area contributed by atoms with E-state index in [4.69, 9.17) is 11.6 Å². The van der Waals surface area contributed by atoms with Crippen molar-refractivity contribution in [1.82, 2.24) is 14.8 Å². The number of hydrogen-bond acceptors (Lipinski definition) is 3. The van der Waals surface area contributed by atoms with Crippen LogP contribution in [0.5, 0.6) is 0 Å². The van der Waals surface area contributed by atoms with Crippen molar-refractivity contribution in [2.24, 2.45) is 0 Å². The average molecular weight is 374 g/mol. The maximum absolute atomic E-state index is 12.2. The van der Waals surface area contributed by atoms with Gasteiger partial charge in [0.25, 0.3) is 5.56 Å². The Morgan fingerprint density at radius 2 is 1.96 bits per heavy atom. The van der Waals surface area contributed by atoms with Crippen molar-refractivity contribution >= 4 is 28.4 Å². The predicted molar refractivity (Wildman–Crippen MR) is 106 cm³/mol. The minimum absolute atomic E-state index is 0.0214. The van der Waals surface area contributed by atoms with Crippen molar-refractivity contribution in [3.05, 3.63) is 57.4 Å². The standard InChI is InChI=1S/C20H24ClN3O2/c1-4-19(25)24-7-5-23(6-8-24)12-15-11-18-14(10-17(15)21)9-16(13(2)3)20(26)22-18/h4,9-11,13H,1,5-8,12H2,2-3H3,(H,22,26). The highest BCUT2D eigenvalue weighted by molar-refractivity contribution is 6.32. The molecule has 26 heavy (non-hydrogen) atoms. The molecule has 1 saturated heterocycles. The van der Waals surface area contributed by atoms with E-state index in [1.54, 1.807) is 4.90 Å². The van der Waals surface area contributed by atoms with Crippen LogP contribution < -0.4 is 5.56 Å². The number of carbonyl (C=O) groups is 1. The molecule has 1 aliphatic rings. The van der Waals surface area contributed by atoms with E-state index in [0.717, 1.165) is 35.1 Å². The molecule has 6 heteroatoms. The van der Waals surface area contributed by atoms with Crippen molar-refractivity contribution in [3.63, 3.8) is 0 Å². The van der Waals surface area contributed by atoms with E-state index in [1.807, 2.05) is 32.0 Å². The molecule has 1 amide bonds. The smallest absolute Gasteiger partial charge is 0.251 e. The first-order valence-corrected chi connectivity index (χ1v) is 9.26. The van der Waals surface area contributed by atoms with Gasteiger partial charge in [0.2, 0.25) is 5.91 Å². The Balaban J connectivity index is 1.80. The number of fused-ring (bicyclic) bond motifs is 1. The highest BCUT2D eigenvalue weighted by atomic mass is 35.5.